The van der Waals surface area contributed by atoms with Crippen molar-refractivity contribution in [2.45, 2.75) is 12.8 Å². The topological polar surface area (TPSA) is 55.6 Å². The second-order valence-electron chi connectivity index (χ2n) is 4.70. The second kappa shape index (κ2) is 8.64. The Kier molecular flexibility index (Phi) is 7.19. The maximum absolute atomic E-state index is 13.1. The summed E-state index contributed by atoms with van der Waals surface area (Å²) in [6.07, 6.45) is 3.41. The van der Waals surface area contributed by atoms with Crippen LogP contribution in [-0.2, 0) is 0 Å². The lowest BCUT2D eigenvalue weighted by molar-refractivity contribution is 0.0793. The minimum Gasteiger partial charge on any atom is -0.487 e. The van der Waals surface area contributed by atoms with Gasteiger partial charge >= 0.3 is 0 Å². The van der Waals surface area contributed by atoms with Gasteiger partial charge in [0.2, 0.25) is 0 Å². The van der Waals surface area contributed by atoms with Crippen molar-refractivity contribution in [3.05, 3.63) is 41.7 Å². The zero-order valence-electron chi connectivity index (χ0n) is 11.8. The first-order valence-corrected chi connectivity index (χ1v) is 6.77. The number of hydrogen-bond donors (Lipinski definition) is 1. The van der Waals surface area contributed by atoms with Crippen LogP contribution in [0.1, 0.15) is 23.2 Å². The summed E-state index contributed by atoms with van der Waals surface area (Å²) in [7, 11) is 0. The fourth-order valence-corrected chi connectivity index (χ4v) is 2.14. The van der Waals surface area contributed by atoms with E-state index in [1.54, 1.807) is 24.3 Å². The smallest absolute Gasteiger partial charge is 0.253 e. The standard InChI is InChI=1S/C15H19FN2O2.ClH/c16-13(7-8-17)11-20-14-5-3-12(4-6-14)15(19)18-9-1-2-10-18;/h3-7H,1-2,8-11,17H2;1H/b13-7-;. The van der Waals surface area contributed by atoms with Crippen molar-refractivity contribution < 1.29 is 13.9 Å². The van der Waals surface area contributed by atoms with Crippen LogP contribution in [0.25, 0.3) is 0 Å². The van der Waals surface area contributed by atoms with E-state index in [1.165, 1.54) is 6.08 Å². The minimum atomic E-state index is -0.398. The van der Waals surface area contributed by atoms with Gasteiger partial charge in [0.25, 0.3) is 5.91 Å². The molecule has 1 aliphatic heterocycles. The fraction of sp³-hybridized carbons (Fsp3) is 0.400. The Balaban J connectivity index is 0.00000220. The molecule has 0 spiro atoms. The molecular formula is C15H20ClFN2O2. The monoisotopic (exact) mass is 314 g/mol. The Bertz CT molecular complexity index is 485. The van der Waals surface area contributed by atoms with Gasteiger partial charge in [-0.05, 0) is 43.2 Å². The molecule has 0 atom stereocenters. The number of halogens is 2. The van der Waals surface area contributed by atoms with E-state index in [4.69, 9.17) is 10.5 Å². The predicted molar refractivity (Wildman–Crippen MR) is 82.6 cm³/mol. The largest absolute Gasteiger partial charge is 0.487 e. The molecule has 2 rings (SSSR count). The first-order valence-electron chi connectivity index (χ1n) is 6.77. The molecule has 116 valence electrons. The van der Waals surface area contributed by atoms with E-state index >= 15 is 0 Å². The van der Waals surface area contributed by atoms with Gasteiger partial charge in [0.05, 0.1) is 0 Å². The van der Waals surface area contributed by atoms with Crippen LogP contribution >= 0.6 is 12.4 Å². The lowest BCUT2D eigenvalue weighted by Crippen LogP contribution is -2.27. The van der Waals surface area contributed by atoms with E-state index in [2.05, 4.69) is 0 Å². The second-order valence-corrected chi connectivity index (χ2v) is 4.70. The average Bonchev–Trinajstić information content (AvgIpc) is 2.99. The highest BCUT2D eigenvalue weighted by molar-refractivity contribution is 5.94. The van der Waals surface area contributed by atoms with Crippen molar-refractivity contribution in [3.63, 3.8) is 0 Å². The molecule has 1 heterocycles. The van der Waals surface area contributed by atoms with Crippen molar-refractivity contribution in [3.8, 4) is 5.75 Å². The Morgan fingerprint density at radius 1 is 1.29 bits per heavy atom. The normalized spacial score (nSPS) is 14.8. The SMILES string of the molecule is Cl.NC/C=C(\F)COc1ccc(C(=O)N2CCCC2)cc1. The van der Waals surface area contributed by atoms with Gasteiger partial charge in [-0.15, -0.1) is 12.4 Å². The quantitative estimate of drug-likeness (QED) is 0.908. The lowest BCUT2D eigenvalue weighted by atomic mass is 10.2. The van der Waals surface area contributed by atoms with E-state index in [0.29, 0.717) is 11.3 Å². The van der Waals surface area contributed by atoms with Crippen LogP contribution in [0.4, 0.5) is 4.39 Å². The molecule has 0 aliphatic carbocycles. The van der Waals surface area contributed by atoms with E-state index in [9.17, 15) is 9.18 Å². The van der Waals surface area contributed by atoms with Crippen molar-refractivity contribution in [2.24, 2.45) is 5.73 Å². The summed E-state index contributed by atoms with van der Waals surface area (Å²) in [6.45, 7) is 1.66. The highest BCUT2D eigenvalue weighted by Crippen LogP contribution is 2.17. The summed E-state index contributed by atoms with van der Waals surface area (Å²) in [6, 6.07) is 6.78. The van der Waals surface area contributed by atoms with Crippen LogP contribution < -0.4 is 10.5 Å². The molecule has 0 unspecified atom stereocenters. The van der Waals surface area contributed by atoms with E-state index < -0.39 is 5.83 Å². The number of hydrogen-bond acceptors (Lipinski definition) is 3. The number of carbonyl (C=O) groups excluding carboxylic acids is 1. The van der Waals surface area contributed by atoms with Crippen LogP contribution in [0.5, 0.6) is 5.75 Å². The zero-order valence-corrected chi connectivity index (χ0v) is 12.6. The van der Waals surface area contributed by atoms with Crippen LogP contribution in [0.2, 0.25) is 0 Å². The summed E-state index contributed by atoms with van der Waals surface area (Å²) in [5, 5.41) is 0. The van der Waals surface area contributed by atoms with Crippen molar-refractivity contribution in [2.75, 3.05) is 26.2 Å². The van der Waals surface area contributed by atoms with E-state index in [1.807, 2.05) is 4.90 Å². The third kappa shape index (κ3) is 5.02. The molecule has 21 heavy (non-hydrogen) atoms. The molecule has 0 radical (unpaired) electrons. The van der Waals surface area contributed by atoms with E-state index in [0.717, 1.165) is 25.9 Å². The number of nitrogens with zero attached hydrogens (tertiary/aromatic N) is 1. The molecule has 4 nitrogen and oxygen atoms in total. The first kappa shape index (κ1) is 17.5. The minimum absolute atomic E-state index is 0. The van der Waals surface area contributed by atoms with Gasteiger partial charge in [-0.3, -0.25) is 4.79 Å². The van der Waals surface area contributed by atoms with Gasteiger partial charge in [0.15, 0.2) is 0 Å². The third-order valence-electron chi connectivity index (χ3n) is 3.21. The molecule has 0 saturated carbocycles. The molecular weight excluding hydrogens is 295 g/mol. The summed E-state index contributed by atoms with van der Waals surface area (Å²) in [5.41, 5.74) is 5.83. The molecule has 0 aromatic heterocycles. The number of benzene rings is 1. The molecule has 1 fully saturated rings. The number of amides is 1. The molecule has 1 aliphatic rings. The summed E-state index contributed by atoms with van der Waals surface area (Å²) in [5.74, 6) is 0.177. The number of nitrogens with two attached hydrogens (primary N) is 1. The highest BCUT2D eigenvalue weighted by atomic mass is 35.5. The molecule has 0 bridgehead atoms. The summed E-state index contributed by atoms with van der Waals surface area (Å²) in [4.78, 5) is 14.0. The summed E-state index contributed by atoms with van der Waals surface area (Å²) < 4.78 is 18.4. The van der Waals surface area contributed by atoms with Gasteiger partial charge < -0.3 is 15.4 Å². The van der Waals surface area contributed by atoms with Crippen LogP contribution in [0.15, 0.2) is 36.2 Å². The van der Waals surface area contributed by atoms with Crippen molar-refractivity contribution >= 4 is 18.3 Å². The van der Waals surface area contributed by atoms with Crippen molar-refractivity contribution in [1.82, 2.24) is 4.90 Å². The molecule has 1 aromatic rings. The van der Waals surface area contributed by atoms with E-state index in [-0.39, 0.29) is 31.5 Å². The maximum atomic E-state index is 13.1. The molecule has 6 heteroatoms. The van der Waals surface area contributed by atoms with Crippen LogP contribution in [-0.4, -0.2) is 37.0 Å². The number of likely N-dealkylation sites (tertiary alicyclic amines) is 1. The van der Waals surface area contributed by atoms with Gasteiger partial charge in [0.1, 0.15) is 18.2 Å². The Hall–Kier alpha value is -1.59. The molecule has 2 N–H and O–H groups in total. The van der Waals surface area contributed by atoms with Crippen molar-refractivity contribution in [1.29, 1.82) is 0 Å². The number of ether oxygens (including phenoxy) is 1. The number of rotatable bonds is 5. The summed E-state index contributed by atoms with van der Waals surface area (Å²) >= 11 is 0. The van der Waals surface area contributed by atoms with Gasteiger partial charge in [0, 0.05) is 25.2 Å². The van der Waals surface area contributed by atoms with Crippen LogP contribution in [0, 0.1) is 0 Å². The maximum Gasteiger partial charge on any atom is 0.253 e. The van der Waals surface area contributed by atoms with Crippen LogP contribution in [0.3, 0.4) is 0 Å². The predicted octanol–water partition coefficient (Wildman–Crippen LogP) is 2.54. The molecule has 1 saturated heterocycles. The van der Waals surface area contributed by atoms with Gasteiger partial charge in [-0.2, -0.15) is 0 Å². The Labute approximate surface area is 130 Å². The first-order chi connectivity index (χ1) is 9.70. The molecule has 1 amide bonds. The van der Waals surface area contributed by atoms with Gasteiger partial charge in [-0.25, -0.2) is 4.39 Å². The third-order valence-corrected chi connectivity index (χ3v) is 3.21. The average molecular weight is 315 g/mol. The highest BCUT2D eigenvalue weighted by Gasteiger charge is 2.19. The fourth-order valence-electron chi connectivity index (χ4n) is 2.14. The Morgan fingerprint density at radius 2 is 1.90 bits per heavy atom. The lowest BCUT2D eigenvalue weighted by Gasteiger charge is -2.15. The van der Waals surface area contributed by atoms with Gasteiger partial charge in [-0.1, -0.05) is 0 Å². The Morgan fingerprint density at radius 3 is 2.48 bits per heavy atom. The number of carbonyl (C=O) groups is 1. The molecule has 1 aromatic carbocycles. The zero-order chi connectivity index (χ0) is 14.4.